The molecule has 0 saturated heterocycles. The number of benzene rings is 13. The Hall–Kier alpha value is -10.0. The molecule has 15 rings (SSSR count). The van der Waals surface area contributed by atoms with Crippen molar-refractivity contribution < 1.29 is 0 Å². The van der Waals surface area contributed by atoms with Gasteiger partial charge in [0.2, 0.25) is 0 Å². The van der Waals surface area contributed by atoms with Crippen molar-refractivity contribution in [1.29, 1.82) is 0 Å². The van der Waals surface area contributed by atoms with E-state index >= 15 is 0 Å². The van der Waals surface area contributed by atoms with Crippen molar-refractivity contribution in [3.63, 3.8) is 0 Å². The SMILES string of the molecule is CC1(C)c2ccccc2-c2ccc(-c3c4ccc(N(c5ccccc5)c5ccc(-c6ccccc6)cc5)cc4c(-c4ccc5c(c4)C(C)(C)c4ccccc4-5)c4ccc(N(c5ccccc5)c5ccc(-c6ccccc6)cc5)cc34)cc21. The standard InChI is InChI=1S/C80H60N2/c1-79(2)73-31-19-17-29-65(73)67-45-37-57(49-75(67)79)77-69-47-43-64(82(60-27-15-8-16-28-60)62-41-35-56(36-42-62)54-23-11-6-12-24-54)52-72(69)78(58-38-46-68-66-30-18-20-32-74(66)80(3,4)76(68)50-58)70-48-44-63(51-71(70)77)81(59-25-13-7-14-26-59)61-39-33-55(34-40-61)53-21-9-5-10-22-53/h5-52H,1-4H3. The number of rotatable bonds is 10. The predicted molar refractivity (Wildman–Crippen MR) is 348 cm³/mol. The molecule has 0 aliphatic heterocycles. The van der Waals surface area contributed by atoms with E-state index in [2.05, 4.69) is 329 Å². The molecule has 0 amide bonds. The van der Waals surface area contributed by atoms with Crippen LogP contribution in [-0.2, 0) is 10.8 Å². The van der Waals surface area contributed by atoms with Gasteiger partial charge in [-0.05, 0) is 195 Å². The molecular weight excluding hydrogens is 989 g/mol. The number of anilines is 6. The lowest BCUT2D eigenvalue weighted by molar-refractivity contribution is 0.660. The van der Waals surface area contributed by atoms with E-state index in [0.717, 1.165) is 34.1 Å². The van der Waals surface area contributed by atoms with Crippen LogP contribution < -0.4 is 9.80 Å². The lowest BCUT2D eigenvalue weighted by atomic mass is 9.79. The van der Waals surface area contributed by atoms with E-state index in [1.807, 2.05) is 0 Å². The zero-order valence-corrected chi connectivity index (χ0v) is 46.6. The van der Waals surface area contributed by atoms with Gasteiger partial charge in [0.1, 0.15) is 0 Å². The van der Waals surface area contributed by atoms with Gasteiger partial charge in [0.15, 0.2) is 0 Å². The minimum Gasteiger partial charge on any atom is -0.310 e. The minimum absolute atomic E-state index is 0.192. The predicted octanol–water partition coefficient (Wildman–Crippen LogP) is 22.2. The van der Waals surface area contributed by atoms with Crippen molar-refractivity contribution in [2.45, 2.75) is 38.5 Å². The molecule has 2 nitrogen and oxygen atoms in total. The Bertz CT molecular complexity index is 4280. The number of hydrogen-bond acceptors (Lipinski definition) is 2. The second kappa shape index (κ2) is 19.4. The topological polar surface area (TPSA) is 6.48 Å². The van der Waals surface area contributed by atoms with Crippen molar-refractivity contribution in [1.82, 2.24) is 0 Å². The quantitative estimate of drug-likeness (QED) is 0.126. The third-order valence-electron chi connectivity index (χ3n) is 17.8. The highest BCUT2D eigenvalue weighted by Crippen LogP contribution is 2.55. The van der Waals surface area contributed by atoms with E-state index in [1.54, 1.807) is 0 Å². The first-order valence-corrected chi connectivity index (χ1v) is 28.7. The number of hydrogen-bond donors (Lipinski definition) is 0. The van der Waals surface area contributed by atoms with E-state index < -0.39 is 0 Å². The summed E-state index contributed by atoms with van der Waals surface area (Å²) in [4.78, 5) is 4.84. The molecule has 2 aliphatic rings. The van der Waals surface area contributed by atoms with Crippen LogP contribution in [0.5, 0.6) is 0 Å². The van der Waals surface area contributed by atoms with Gasteiger partial charge in [0.05, 0.1) is 0 Å². The molecule has 0 unspecified atom stereocenters. The summed E-state index contributed by atoms with van der Waals surface area (Å²) in [5.74, 6) is 0. The fraction of sp³-hybridized carbons (Fsp3) is 0.0750. The largest absolute Gasteiger partial charge is 0.310 e. The smallest absolute Gasteiger partial charge is 0.0468 e. The highest BCUT2D eigenvalue weighted by Gasteiger charge is 2.37. The molecule has 0 bridgehead atoms. The molecule has 82 heavy (non-hydrogen) atoms. The summed E-state index contributed by atoms with van der Waals surface area (Å²) in [6.07, 6.45) is 0. The van der Waals surface area contributed by atoms with E-state index in [-0.39, 0.29) is 10.8 Å². The van der Waals surface area contributed by atoms with E-state index in [4.69, 9.17) is 0 Å². The van der Waals surface area contributed by atoms with Gasteiger partial charge in [-0.3, -0.25) is 0 Å². The molecular formula is C80H60N2. The minimum atomic E-state index is -0.192. The van der Waals surface area contributed by atoms with Crippen LogP contribution in [-0.4, -0.2) is 0 Å². The van der Waals surface area contributed by atoms with Gasteiger partial charge in [0, 0.05) is 45.0 Å². The zero-order valence-electron chi connectivity index (χ0n) is 46.6. The molecule has 0 N–H and O–H groups in total. The van der Waals surface area contributed by atoms with Crippen LogP contribution in [0.4, 0.5) is 34.1 Å². The Labute approximate surface area is 481 Å². The molecule has 390 valence electrons. The second-order valence-electron chi connectivity index (χ2n) is 23.2. The molecule has 0 aromatic heterocycles. The van der Waals surface area contributed by atoms with Gasteiger partial charge in [-0.1, -0.05) is 234 Å². The molecule has 0 atom stereocenters. The Morgan fingerprint density at radius 2 is 0.500 bits per heavy atom. The normalized spacial score (nSPS) is 13.3. The molecule has 0 heterocycles. The Kier molecular flexibility index (Phi) is 11.6. The van der Waals surface area contributed by atoms with E-state index in [9.17, 15) is 0 Å². The first-order chi connectivity index (χ1) is 40.2. The lowest BCUT2D eigenvalue weighted by Gasteiger charge is -2.29. The third kappa shape index (κ3) is 8.00. The summed E-state index contributed by atoms with van der Waals surface area (Å²) in [6.45, 7) is 9.57. The van der Waals surface area contributed by atoms with E-state index in [0.29, 0.717) is 0 Å². The molecule has 13 aromatic rings. The first-order valence-electron chi connectivity index (χ1n) is 28.7. The van der Waals surface area contributed by atoms with Crippen molar-refractivity contribution in [3.05, 3.63) is 313 Å². The van der Waals surface area contributed by atoms with Crippen LogP contribution in [0.2, 0.25) is 0 Å². The fourth-order valence-electron chi connectivity index (χ4n) is 13.7. The maximum absolute atomic E-state index is 2.51. The van der Waals surface area contributed by atoms with Gasteiger partial charge in [-0.25, -0.2) is 0 Å². The highest BCUT2D eigenvalue weighted by molar-refractivity contribution is 6.23. The van der Waals surface area contributed by atoms with Gasteiger partial charge in [-0.15, -0.1) is 0 Å². The Morgan fingerprint density at radius 3 is 0.890 bits per heavy atom. The van der Waals surface area contributed by atoms with Crippen LogP contribution in [0.1, 0.15) is 49.9 Å². The van der Waals surface area contributed by atoms with Gasteiger partial charge < -0.3 is 9.80 Å². The van der Waals surface area contributed by atoms with Crippen LogP contribution in [0, 0.1) is 0 Å². The molecule has 0 radical (unpaired) electrons. The lowest BCUT2D eigenvalue weighted by Crippen LogP contribution is -2.15. The zero-order chi connectivity index (χ0) is 55.1. The summed E-state index contributed by atoms with van der Waals surface area (Å²) in [7, 11) is 0. The van der Waals surface area contributed by atoms with Crippen LogP contribution in [0.25, 0.3) is 88.3 Å². The van der Waals surface area contributed by atoms with Crippen molar-refractivity contribution in [2.24, 2.45) is 0 Å². The molecule has 13 aromatic carbocycles. The average molecular weight is 1050 g/mol. The number of fused-ring (bicyclic) bond motifs is 8. The Morgan fingerprint density at radius 1 is 0.207 bits per heavy atom. The summed E-state index contributed by atoms with van der Waals surface area (Å²) in [5.41, 5.74) is 26.5. The summed E-state index contributed by atoms with van der Waals surface area (Å²) < 4.78 is 0. The maximum atomic E-state index is 2.51. The second-order valence-corrected chi connectivity index (χ2v) is 23.2. The first kappa shape index (κ1) is 49.1. The van der Waals surface area contributed by atoms with Crippen molar-refractivity contribution in [3.8, 4) is 66.8 Å². The fourth-order valence-corrected chi connectivity index (χ4v) is 13.7. The van der Waals surface area contributed by atoms with Crippen molar-refractivity contribution >= 4 is 55.7 Å². The molecule has 0 spiro atoms. The van der Waals surface area contributed by atoms with Gasteiger partial charge >= 0.3 is 0 Å². The summed E-state index contributed by atoms with van der Waals surface area (Å²) in [6, 6.07) is 108. The Balaban J connectivity index is 1.02. The third-order valence-corrected chi connectivity index (χ3v) is 17.8. The van der Waals surface area contributed by atoms with Crippen LogP contribution >= 0.6 is 0 Å². The highest BCUT2D eigenvalue weighted by atomic mass is 15.1. The molecule has 0 saturated carbocycles. The van der Waals surface area contributed by atoms with Crippen molar-refractivity contribution in [2.75, 3.05) is 9.80 Å². The molecule has 0 fully saturated rings. The summed E-state index contributed by atoms with van der Waals surface area (Å²) >= 11 is 0. The van der Waals surface area contributed by atoms with Gasteiger partial charge in [-0.2, -0.15) is 0 Å². The van der Waals surface area contributed by atoms with Crippen LogP contribution in [0.3, 0.4) is 0 Å². The molecule has 2 aliphatic carbocycles. The van der Waals surface area contributed by atoms with Gasteiger partial charge in [0.25, 0.3) is 0 Å². The number of nitrogens with zero attached hydrogens (tertiary/aromatic N) is 2. The molecule has 2 heteroatoms. The van der Waals surface area contributed by atoms with Crippen LogP contribution in [0.15, 0.2) is 291 Å². The number of para-hydroxylation sites is 2. The summed E-state index contributed by atoms with van der Waals surface area (Å²) in [5, 5.41) is 4.79. The monoisotopic (exact) mass is 1050 g/mol. The van der Waals surface area contributed by atoms with E-state index in [1.165, 1.54) is 111 Å². The average Bonchev–Trinajstić information content (AvgIpc) is 3.76. The maximum Gasteiger partial charge on any atom is 0.0468 e.